The van der Waals surface area contributed by atoms with Crippen LogP contribution in [0.3, 0.4) is 0 Å². The molecule has 0 atom stereocenters. The molecule has 0 bridgehead atoms. The van der Waals surface area contributed by atoms with E-state index in [0.29, 0.717) is 16.7 Å². The second kappa shape index (κ2) is 13.0. The molecule has 1 fully saturated rings. The van der Waals surface area contributed by atoms with Gasteiger partial charge in [0.15, 0.2) is 23.3 Å². The van der Waals surface area contributed by atoms with E-state index < -0.39 is 34.8 Å². The minimum absolute atomic E-state index is 0.0839. The van der Waals surface area contributed by atoms with Crippen LogP contribution in [0.1, 0.15) is 87.7 Å². The highest BCUT2D eigenvalue weighted by molar-refractivity contribution is 5.95. The summed E-state index contributed by atoms with van der Waals surface area (Å²) in [5.74, 6) is -10.4. The Balaban J connectivity index is 1.78. The average molecular weight is 530 g/mol. The van der Waals surface area contributed by atoms with E-state index in [9.17, 15) is 27.1 Å². The predicted molar refractivity (Wildman–Crippen MR) is 141 cm³/mol. The molecule has 1 aliphatic carbocycles. The van der Waals surface area contributed by atoms with E-state index in [1.807, 2.05) is 18.2 Å². The number of rotatable bonds is 4. The summed E-state index contributed by atoms with van der Waals surface area (Å²) in [6.07, 6.45) is 13.2. The average Bonchev–Trinajstić information content (AvgIpc) is 2.92. The first kappa shape index (κ1) is 27.8. The molecule has 7 heteroatoms. The highest BCUT2D eigenvalue weighted by atomic mass is 19.2. The Morgan fingerprint density at radius 3 is 1.68 bits per heavy atom. The summed E-state index contributed by atoms with van der Waals surface area (Å²) in [6, 6.07) is 12.7. The van der Waals surface area contributed by atoms with Crippen molar-refractivity contribution >= 4 is 11.9 Å². The number of hydrogen-bond acceptors (Lipinski definition) is 2. The largest absolute Gasteiger partial charge is 0.507 e. The van der Waals surface area contributed by atoms with Gasteiger partial charge in [0.2, 0.25) is 5.82 Å². The third-order valence-electron chi connectivity index (χ3n) is 7.39. The van der Waals surface area contributed by atoms with Crippen molar-refractivity contribution in [2.75, 3.05) is 0 Å². The van der Waals surface area contributed by atoms with Gasteiger partial charge < -0.3 is 5.11 Å². The summed E-state index contributed by atoms with van der Waals surface area (Å²) in [4.78, 5) is 3.67. The van der Waals surface area contributed by atoms with E-state index in [2.05, 4.69) is 4.99 Å². The van der Waals surface area contributed by atoms with E-state index in [1.165, 1.54) is 32.1 Å². The molecular formula is C31H32F5NO. The standard InChI is InChI=1S/C31H32F5NO/c32-25-26(33)28(35)30(29(36)27(25)34)37-19-24-22(20-13-11-8-12-14-20)17-18-23(31(24)38)21-15-9-6-4-2-1-3-5-7-10-16-21/h8,11-14,17-19,21,38H,1-7,9-10,15-16H2. The number of nitrogens with zero attached hydrogens (tertiary/aromatic N) is 1. The van der Waals surface area contributed by atoms with Crippen molar-refractivity contribution in [3.8, 4) is 16.9 Å². The smallest absolute Gasteiger partial charge is 0.200 e. The summed E-state index contributed by atoms with van der Waals surface area (Å²) < 4.78 is 69.7. The molecule has 0 unspecified atom stereocenters. The van der Waals surface area contributed by atoms with Crippen molar-refractivity contribution in [2.45, 2.75) is 76.5 Å². The van der Waals surface area contributed by atoms with Crippen LogP contribution in [0.25, 0.3) is 11.1 Å². The summed E-state index contributed by atoms with van der Waals surface area (Å²) in [7, 11) is 0. The Labute approximate surface area is 220 Å². The lowest BCUT2D eigenvalue weighted by Crippen LogP contribution is -2.04. The van der Waals surface area contributed by atoms with Gasteiger partial charge in [-0.1, -0.05) is 100 Å². The number of benzene rings is 3. The molecule has 4 rings (SSSR count). The fraction of sp³-hybridized carbons (Fsp3) is 0.387. The minimum Gasteiger partial charge on any atom is -0.507 e. The quantitative estimate of drug-likeness (QED) is 0.155. The molecule has 38 heavy (non-hydrogen) atoms. The van der Waals surface area contributed by atoms with Crippen LogP contribution in [0.5, 0.6) is 5.75 Å². The number of phenols is 1. The van der Waals surface area contributed by atoms with Gasteiger partial charge in [0, 0.05) is 11.8 Å². The van der Waals surface area contributed by atoms with Crippen molar-refractivity contribution in [3.05, 3.63) is 82.7 Å². The number of halogens is 5. The zero-order valence-corrected chi connectivity index (χ0v) is 21.3. The van der Waals surface area contributed by atoms with Crippen molar-refractivity contribution in [2.24, 2.45) is 4.99 Å². The minimum atomic E-state index is -2.24. The first-order valence-corrected chi connectivity index (χ1v) is 13.4. The first-order valence-electron chi connectivity index (χ1n) is 13.4. The summed E-state index contributed by atoms with van der Waals surface area (Å²) in [6.45, 7) is 0. The van der Waals surface area contributed by atoms with Crippen LogP contribution in [-0.4, -0.2) is 11.3 Å². The number of hydrogen-bond donors (Lipinski definition) is 1. The summed E-state index contributed by atoms with van der Waals surface area (Å²) in [5, 5.41) is 11.5. The highest BCUT2D eigenvalue weighted by Gasteiger charge is 2.26. The first-order chi connectivity index (χ1) is 18.4. The third kappa shape index (κ3) is 6.25. The predicted octanol–water partition coefficient (Wildman–Crippen LogP) is 9.89. The van der Waals surface area contributed by atoms with Crippen molar-refractivity contribution in [3.63, 3.8) is 0 Å². The molecule has 1 N–H and O–H groups in total. The molecule has 3 aromatic rings. The molecule has 0 spiro atoms. The molecule has 0 heterocycles. The van der Waals surface area contributed by atoms with Gasteiger partial charge in [0.1, 0.15) is 11.4 Å². The number of aromatic hydroxyl groups is 1. The van der Waals surface area contributed by atoms with Gasteiger partial charge in [-0.2, -0.15) is 0 Å². The van der Waals surface area contributed by atoms with Crippen LogP contribution in [0, 0.1) is 29.1 Å². The Morgan fingerprint density at radius 2 is 1.13 bits per heavy atom. The third-order valence-corrected chi connectivity index (χ3v) is 7.39. The molecule has 202 valence electrons. The van der Waals surface area contributed by atoms with Crippen LogP contribution in [0.2, 0.25) is 0 Å². The van der Waals surface area contributed by atoms with E-state index >= 15 is 0 Å². The molecule has 0 aromatic heterocycles. The molecule has 0 aliphatic heterocycles. The topological polar surface area (TPSA) is 32.6 Å². The van der Waals surface area contributed by atoms with Crippen LogP contribution in [-0.2, 0) is 0 Å². The number of aliphatic imine (C=N–C) groups is 1. The van der Waals surface area contributed by atoms with Crippen molar-refractivity contribution < 1.29 is 27.1 Å². The SMILES string of the molecule is Oc1c(C2CCCCCCCCCCC2)ccc(-c2ccccc2)c1C=Nc1c(F)c(F)c(F)c(F)c1F. The lowest BCUT2D eigenvalue weighted by atomic mass is 9.84. The Kier molecular flexibility index (Phi) is 9.53. The molecular weight excluding hydrogens is 497 g/mol. The second-order valence-corrected chi connectivity index (χ2v) is 9.96. The van der Waals surface area contributed by atoms with Crippen LogP contribution < -0.4 is 0 Å². The monoisotopic (exact) mass is 529 g/mol. The normalized spacial score (nSPS) is 16.3. The Morgan fingerprint density at radius 1 is 0.632 bits per heavy atom. The van der Waals surface area contributed by atoms with Gasteiger partial charge >= 0.3 is 0 Å². The highest BCUT2D eigenvalue weighted by Crippen LogP contribution is 2.40. The molecule has 3 aromatic carbocycles. The van der Waals surface area contributed by atoms with Gasteiger partial charge in [-0.3, -0.25) is 0 Å². The van der Waals surface area contributed by atoms with Gasteiger partial charge in [-0.05, 0) is 35.4 Å². The lowest BCUT2D eigenvalue weighted by molar-refractivity contribution is 0.381. The lowest BCUT2D eigenvalue weighted by Gasteiger charge is -2.22. The van der Waals surface area contributed by atoms with Gasteiger partial charge in [-0.15, -0.1) is 0 Å². The van der Waals surface area contributed by atoms with E-state index in [1.54, 1.807) is 24.3 Å². The molecule has 0 amide bonds. The van der Waals surface area contributed by atoms with Gasteiger partial charge in [0.25, 0.3) is 0 Å². The van der Waals surface area contributed by atoms with Crippen LogP contribution in [0.15, 0.2) is 47.5 Å². The molecule has 1 saturated carbocycles. The molecule has 0 saturated heterocycles. The van der Waals surface area contributed by atoms with Crippen molar-refractivity contribution in [1.82, 2.24) is 0 Å². The number of phenolic OH excluding ortho intramolecular Hbond substituents is 1. The van der Waals surface area contributed by atoms with Crippen LogP contribution >= 0.6 is 0 Å². The van der Waals surface area contributed by atoms with Gasteiger partial charge in [-0.25, -0.2) is 26.9 Å². The summed E-state index contributed by atoms with van der Waals surface area (Å²) >= 11 is 0. The zero-order valence-electron chi connectivity index (χ0n) is 21.3. The maximum absolute atomic E-state index is 14.3. The fourth-order valence-electron chi connectivity index (χ4n) is 5.26. The molecule has 2 nitrogen and oxygen atoms in total. The van der Waals surface area contributed by atoms with E-state index in [4.69, 9.17) is 0 Å². The van der Waals surface area contributed by atoms with Crippen LogP contribution in [0.4, 0.5) is 27.6 Å². The zero-order chi connectivity index (χ0) is 27.1. The maximum atomic E-state index is 14.3. The second-order valence-electron chi connectivity index (χ2n) is 9.96. The van der Waals surface area contributed by atoms with Crippen molar-refractivity contribution in [1.29, 1.82) is 0 Å². The molecule has 0 radical (unpaired) electrons. The van der Waals surface area contributed by atoms with E-state index in [-0.39, 0.29) is 17.2 Å². The maximum Gasteiger partial charge on any atom is 0.200 e. The molecule has 1 aliphatic rings. The summed E-state index contributed by atoms with van der Waals surface area (Å²) in [5.41, 5.74) is 0.833. The van der Waals surface area contributed by atoms with Gasteiger partial charge in [0.05, 0.1) is 0 Å². The Bertz CT molecular complexity index is 1230. The fourth-order valence-corrected chi connectivity index (χ4v) is 5.26. The Hall–Kier alpha value is -3.22. The van der Waals surface area contributed by atoms with E-state index in [0.717, 1.165) is 44.7 Å².